The highest BCUT2D eigenvalue weighted by Gasteiger charge is 2.41. The molecular formula is C9H15O4P. The van der Waals surface area contributed by atoms with Crippen LogP contribution in [0.4, 0.5) is 0 Å². The van der Waals surface area contributed by atoms with E-state index in [1.807, 2.05) is 13.8 Å². The zero-order valence-corrected chi connectivity index (χ0v) is 9.71. The van der Waals surface area contributed by atoms with Crippen molar-refractivity contribution in [1.82, 2.24) is 0 Å². The summed E-state index contributed by atoms with van der Waals surface area (Å²) >= 11 is 0. The Kier molecular flexibility index (Phi) is 3.30. The maximum absolute atomic E-state index is 11.9. The summed E-state index contributed by atoms with van der Waals surface area (Å²) in [6, 6.07) is 0. The summed E-state index contributed by atoms with van der Waals surface area (Å²) in [7, 11) is -0.781. The number of hydrogen-bond donors (Lipinski definition) is 0. The number of ketones is 1. The third-order valence-electron chi connectivity index (χ3n) is 2.65. The van der Waals surface area contributed by atoms with Crippen LogP contribution in [-0.4, -0.2) is 20.0 Å². The SMILES string of the molecule is COP(=O)(OC)C1=CC(C)C(C)C1=O. The Balaban J connectivity index is 3.06. The normalized spacial score (nSPS) is 28.0. The molecule has 0 radical (unpaired) electrons. The van der Waals surface area contributed by atoms with Gasteiger partial charge < -0.3 is 9.05 Å². The van der Waals surface area contributed by atoms with Gasteiger partial charge in [0, 0.05) is 20.1 Å². The van der Waals surface area contributed by atoms with E-state index in [4.69, 9.17) is 9.05 Å². The standard InChI is InChI=1S/C9H15O4P/c1-6-5-8(9(10)7(6)2)14(11,12-3)13-4/h5-7H,1-4H3. The van der Waals surface area contributed by atoms with Crippen LogP contribution in [0.15, 0.2) is 11.4 Å². The molecule has 0 saturated heterocycles. The first kappa shape index (κ1) is 11.6. The highest BCUT2D eigenvalue weighted by atomic mass is 31.2. The lowest BCUT2D eigenvalue weighted by molar-refractivity contribution is -0.118. The van der Waals surface area contributed by atoms with E-state index in [0.29, 0.717) is 0 Å². The molecule has 0 spiro atoms. The molecule has 14 heavy (non-hydrogen) atoms. The summed E-state index contributed by atoms with van der Waals surface area (Å²) in [5.74, 6) is -0.177. The number of Topliss-reactive ketones (excluding diaryl/α,β-unsaturated/α-hetero) is 1. The molecule has 0 N–H and O–H groups in total. The Labute approximate surface area is 83.8 Å². The molecule has 0 aromatic rings. The Morgan fingerprint density at radius 2 is 1.79 bits per heavy atom. The first-order valence-electron chi connectivity index (χ1n) is 4.44. The van der Waals surface area contributed by atoms with Crippen LogP contribution in [0, 0.1) is 11.8 Å². The van der Waals surface area contributed by atoms with E-state index in [1.54, 1.807) is 6.08 Å². The second-order valence-corrected chi connectivity index (χ2v) is 5.63. The van der Waals surface area contributed by atoms with E-state index in [2.05, 4.69) is 0 Å². The molecule has 0 aromatic carbocycles. The van der Waals surface area contributed by atoms with Crippen LogP contribution in [0.1, 0.15) is 13.8 Å². The molecule has 1 aliphatic carbocycles. The molecule has 0 aromatic heterocycles. The minimum absolute atomic E-state index is 0.0936. The Bertz CT molecular complexity index is 313. The molecule has 0 fully saturated rings. The molecule has 0 saturated carbocycles. The van der Waals surface area contributed by atoms with Crippen molar-refractivity contribution in [3.63, 3.8) is 0 Å². The fourth-order valence-corrected chi connectivity index (χ4v) is 2.88. The predicted molar refractivity (Wildman–Crippen MR) is 53.0 cm³/mol. The predicted octanol–water partition coefficient (Wildman–Crippen LogP) is 2.21. The van der Waals surface area contributed by atoms with Gasteiger partial charge in [0.15, 0.2) is 5.78 Å². The second kappa shape index (κ2) is 3.97. The molecule has 4 nitrogen and oxygen atoms in total. The third kappa shape index (κ3) is 1.70. The van der Waals surface area contributed by atoms with Crippen LogP contribution in [0.25, 0.3) is 0 Å². The molecule has 2 unspecified atom stereocenters. The van der Waals surface area contributed by atoms with Gasteiger partial charge in [-0.1, -0.05) is 19.9 Å². The average Bonchev–Trinajstić information content (AvgIpc) is 2.45. The van der Waals surface area contributed by atoms with Crippen LogP contribution in [0.3, 0.4) is 0 Å². The Hall–Kier alpha value is -0.440. The summed E-state index contributed by atoms with van der Waals surface area (Å²) in [5.41, 5.74) is 0. The lowest BCUT2D eigenvalue weighted by Crippen LogP contribution is -2.11. The van der Waals surface area contributed by atoms with Crippen molar-refractivity contribution in [3.8, 4) is 0 Å². The number of hydrogen-bond acceptors (Lipinski definition) is 4. The van der Waals surface area contributed by atoms with E-state index < -0.39 is 7.60 Å². The van der Waals surface area contributed by atoms with Gasteiger partial charge in [-0.25, -0.2) is 0 Å². The molecule has 2 atom stereocenters. The highest BCUT2D eigenvalue weighted by molar-refractivity contribution is 7.60. The van der Waals surface area contributed by atoms with Gasteiger partial charge in [0.05, 0.1) is 0 Å². The van der Waals surface area contributed by atoms with Crippen LogP contribution < -0.4 is 0 Å². The van der Waals surface area contributed by atoms with Crippen LogP contribution >= 0.6 is 7.60 Å². The van der Waals surface area contributed by atoms with Gasteiger partial charge in [0.1, 0.15) is 5.31 Å². The van der Waals surface area contributed by atoms with Crippen LogP contribution in [-0.2, 0) is 18.4 Å². The maximum Gasteiger partial charge on any atom is 0.364 e. The summed E-state index contributed by atoms with van der Waals surface area (Å²) in [5, 5.41) is 0.197. The summed E-state index contributed by atoms with van der Waals surface area (Å²) in [6.07, 6.45) is 1.68. The Morgan fingerprint density at radius 3 is 2.07 bits per heavy atom. The molecule has 0 amide bonds. The minimum atomic E-state index is -3.35. The quantitative estimate of drug-likeness (QED) is 0.681. The number of allylic oxidation sites excluding steroid dienone is 2. The van der Waals surface area contributed by atoms with Crippen molar-refractivity contribution in [3.05, 3.63) is 11.4 Å². The monoisotopic (exact) mass is 218 g/mol. The highest BCUT2D eigenvalue weighted by Crippen LogP contribution is 2.58. The van der Waals surface area contributed by atoms with Crippen LogP contribution in [0.2, 0.25) is 0 Å². The van der Waals surface area contributed by atoms with Crippen molar-refractivity contribution in [2.24, 2.45) is 11.8 Å². The summed E-state index contributed by atoms with van der Waals surface area (Å²) in [4.78, 5) is 11.7. The molecule has 1 aliphatic rings. The molecule has 5 heteroatoms. The van der Waals surface area contributed by atoms with Gasteiger partial charge in [-0.2, -0.15) is 0 Å². The van der Waals surface area contributed by atoms with Crippen molar-refractivity contribution in [1.29, 1.82) is 0 Å². The topological polar surface area (TPSA) is 52.6 Å². The van der Waals surface area contributed by atoms with Gasteiger partial charge in [0.2, 0.25) is 0 Å². The van der Waals surface area contributed by atoms with Crippen molar-refractivity contribution in [2.75, 3.05) is 14.2 Å². The molecule has 80 valence electrons. The average molecular weight is 218 g/mol. The number of carbonyl (C=O) groups is 1. The van der Waals surface area contributed by atoms with Gasteiger partial charge in [0.25, 0.3) is 0 Å². The fourth-order valence-electron chi connectivity index (χ4n) is 1.44. The van der Waals surface area contributed by atoms with E-state index in [0.717, 1.165) is 0 Å². The van der Waals surface area contributed by atoms with Crippen molar-refractivity contribution in [2.45, 2.75) is 13.8 Å². The molecule has 0 bridgehead atoms. The second-order valence-electron chi connectivity index (χ2n) is 3.43. The van der Waals surface area contributed by atoms with Gasteiger partial charge in [-0.15, -0.1) is 0 Å². The van der Waals surface area contributed by atoms with Gasteiger partial charge in [-0.05, 0) is 5.92 Å². The largest absolute Gasteiger partial charge is 0.364 e. The van der Waals surface area contributed by atoms with Crippen LogP contribution in [0.5, 0.6) is 0 Å². The fraction of sp³-hybridized carbons (Fsp3) is 0.667. The zero-order chi connectivity index (χ0) is 10.9. The van der Waals surface area contributed by atoms with Gasteiger partial charge in [-0.3, -0.25) is 9.36 Å². The smallest absolute Gasteiger partial charge is 0.308 e. The Morgan fingerprint density at radius 1 is 1.29 bits per heavy atom. The first-order chi connectivity index (χ1) is 6.46. The number of carbonyl (C=O) groups excluding carboxylic acids is 1. The minimum Gasteiger partial charge on any atom is -0.308 e. The van der Waals surface area contributed by atoms with E-state index in [1.165, 1.54) is 14.2 Å². The molecular weight excluding hydrogens is 203 g/mol. The molecule has 0 heterocycles. The molecule has 1 rings (SSSR count). The summed E-state index contributed by atoms with van der Waals surface area (Å²) < 4.78 is 21.5. The van der Waals surface area contributed by atoms with Gasteiger partial charge >= 0.3 is 7.60 Å². The molecule has 0 aliphatic heterocycles. The van der Waals surface area contributed by atoms with E-state index in [-0.39, 0.29) is 22.9 Å². The van der Waals surface area contributed by atoms with E-state index in [9.17, 15) is 9.36 Å². The van der Waals surface area contributed by atoms with E-state index >= 15 is 0 Å². The lowest BCUT2D eigenvalue weighted by Gasteiger charge is -2.14. The van der Waals surface area contributed by atoms with Crippen molar-refractivity contribution >= 4 is 13.4 Å². The maximum atomic E-state index is 11.9. The number of rotatable bonds is 3. The third-order valence-corrected chi connectivity index (χ3v) is 4.57. The first-order valence-corrected chi connectivity index (χ1v) is 5.98. The van der Waals surface area contributed by atoms with Crippen molar-refractivity contribution < 1.29 is 18.4 Å². The lowest BCUT2D eigenvalue weighted by atomic mass is 10.00. The zero-order valence-electron chi connectivity index (χ0n) is 8.81. The summed E-state index contributed by atoms with van der Waals surface area (Å²) in [6.45, 7) is 3.72.